The Kier molecular flexibility index (Phi) is 7.53. The lowest BCUT2D eigenvalue weighted by Crippen LogP contribution is -2.22. The van der Waals surface area contributed by atoms with Crippen LogP contribution < -0.4 is 5.32 Å². The summed E-state index contributed by atoms with van der Waals surface area (Å²) in [5, 5.41) is 3.68. The van der Waals surface area contributed by atoms with Crippen LogP contribution in [-0.2, 0) is 4.74 Å². The molecule has 1 aliphatic heterocycles. The lowest BCUT2D eigenvalue weighted by atomic mass is 10.0. The molecule has 0 aliphatic carbocycles. The second kappa shape index (κ2) is 8.89. The van der Waals surface area contributed by atoms with E-state index in [1.54, 1.807) is 11.3 Å². The molecule has 2 heterocycles. The molecule has 20 heavy (non-hydrogen) atoms. The Bertz CT molecular complexity index is 405. The van der Waals surface area contributed by atoms with Crippen molar-refractivity contribution in [2.75, 3.05) is 13.2 Å². The SMILES string of the molecule is CCCNC(CCCC1CCCO1)c1cc(Br)sc1Br. The highest BCUT2D eigenvalue weighted by Crippen LogP contribution is 2.37. The van der Waals surface area contributed by atoms with E-state index in [9.17, 15) is 0 Å². The van der Waals surface area contributed by atoms with Crippen LogP contribution in [0.25, 0.3) is 0 Å². The van der Waals surface area contributed by atoms with Crippen molar-refractivity contribution in [1.29, 1.82) is 0 Å². The molecule has 1 saturated heterocycles. The summed E-state index contributed by atoms with van der Waals surface area (Å²) < 4.78 is 8.16. The number of rotatable bonds is 8. The van der Waals surface area contributed by atoms with Gasteiger partial charge in [-0.15, -0.1) is 11.3 Å². The van der Waals surface area contributed by atoms with Crippen molar-refractivity contribution in [2.24, 2.45) is 0 Å². The third kappa shape index (κ3) is 5.09. The van der Waals surface area contributed by atoms with Crippen LogP contribution in [-0.4, -0.2) is 19.3 Å². The Hall–Kier alpha value is 0.580. The maximum absolute atomic E-state index is 5.71. The first-order chi connectivity index (χ1) is 9.70. The molecule has 2 rings (SSSR count). The van der Waals surface area contributed by atoms with E-state index in [1.807, 2.05) is 0 Å². The van der Waals surface area contributed by atoms with Crippen molar-refractivity contribution < 1.29 is 4.74 Å². The smallest absolute Gasteiger partial charge is 0.0758 e. The Morgan fingerprint density at radius 1 is 1.50 bits per heavy atom. The van der Waals surface area contributed by atoms with E-state index in [2.05, 4.69) is 50.2 Å². The summed E-state index contributed by atoms with van der Waals surface area (Å²) >= 11 is 9.03. The maximum Gasteiger partial charge on any atom is 0.0758 e. The fourth-order valence-electron chi connectivity index (χ4n) is 2.70. The van der Waals surface area contributed by atoms with Crippen LogP contribution in [0.15, 0.2) is 13.6 Å². The van der Waals surface area contributed by atoms with Gasteiger partial charge in [-0.3, -0.25) is 0 Å². The van der Waals surface area contributed by atoms with Gasteiger partial charge in [-0.2, -0.15) is 0 Å². The minimum atomic E-state index is 0.452. The summed E-state index contributed by atoms with van der Waals surface area (Å²) in [5.41, 5.74) is 1.39. The van der Waals surface area contributed by atoms with Gasteiger partial charge in [-0.25, -0.2) is 0 Å². The van der Waals surface area contributed by atoms with Crippen LogP contribution in [0.2, 0.25) is 0 Å². The van der Waals surface area contributed by atoms with Gasteiger partial charge in [0.05, 0.1) is 13.7 Å². The van der Waals surface area contributed by atoms with Crippen molar-refractivity contribution in [3.63, 3.8) is 0 Å². The van der Waals surface area contributed by atoms with Crippen molar-refractivity contribution in [3.8, 4) is 0 Å². The van der Waals surface area contributed by atoms with E-state index in [0.717, 1.165) is 13.2 Å². The van der Waals surface area contributed by atoms with Crippen LogP contribution in [0.1, 0.15) is 57.1 Å². The molecule has 2 atom stereocenters. The van der Waals surface area contributed by atoms with Crippen molar-refractivity contribution in [2.45, 2.75) is 57.6 Å². The maximum atomic E-state index is 5.71. The van der Waals surface area contributed by atoms with Crippen molar-refractivity contribution >= 4 is 43.2 Å². The molecule has 1 aliphatic rings. The van der Waals surface area contributed by atoms with Crippen LogP contribution in [0.3, 0.4) is 0 Å². The quantitative estimate of drug-likeness (QED) is 0.580. The molecular formula is C15H23Br2NOS. The van der Waals surface area contributed by atoms with Crippen molar-refractivity contribution in [3.05, 3.63) is 19.2 Å². The van der Waals surface area contributed by atoms with Crippen LogP contribution in [0.5, 0.6) is 0 Å². The Balaban J connectivity index is 1.87. The second-order valence-electron chi connectivity index (χ2n) is 5.35. The molecule has 114 valence electrons. The first kappa shape index (κ1) is 16.9. The first-order valence-electron chi connectivity index (χ1n) is 7.50. The fourth-order valence-corrected chi connectivity index (χ4v) is 5.67. The molecule has 0 spiro atoms. The highest BCUT2D eigenvalue weighted by Gasteiger charge is 2.19. The summed E-state index contributed by atoms with van der Waals surface area (Å²) in [6, 6.07) is 2.70. The second-order valence-corrected chi connectivity index (χ2v) is 9.10. The Labute approximate surface area is 142 Å². The van der Waals surface area contributed by atoms with Crippen molar-refractivity contribution in [1.82, 2.24) is 5.32 Å². The highest BCUT2D eigenvalue weighted by atomic mass is 79.9. The molecule has 0 amide bonds. The first-order valence-corrected chi connectivity index (χ1v) is 9.90. The third-order valence-corrected chi connectivity index (χ3v) is 6.13. The molecule has 1 fully saturated rings. The van der Waals surface area contributed by atoms with Gasteiger partial charge in [-0.05, 0) is 88.6 Å². The summed E-state index contributed by atoms with van der Waals surface area (Å²) in [5.74, 6) is 0. The summed E-state index contributed by atoms with van der Waals surface area (Å²) in [6.45, 7) is 4.25. The average Bonchev–Trinajstić information content (AvgIpc) is 3.03. The number of halogens is 2. The molecule has 0 radical (unpaired) electrons. The lowest BCUT2D eigenvalue weighted by Gasteiger charge is -2.19. The molecule has 0 bridgehead atoms. The monoisotopic (exact) mass is 423 g/mol. The summed E-state index contributed by atoms with van der Waals surface area (Å²) in [7, 11) is 0. The molecule has 5 heteroatoms. The van der Waals surface area contributed by atoms with Gasteiger partial charge in [0, 0.05) is 12.6 Å². The van der Waals surface area contributed by atoms with Gasteiger partial charge >= 0.3 is 0 Å². The number of hydrogen-bond acceptors (Lipinski definition) is 3. The van der Waals surface area contributed by atoms with E-state index >= 15 is 0 Å². The molecule has 2 nitrogen and oxygen atoms in total. The zero-order valence-electron chi connectivity index (χ0n) is 12.0. The van der Waals surface area contributed by atoms with Gasteiger partial charge in [0.25, 0.3) is 0 Å². The Morgan fingerprint density at radius 2 is 2.35 bits per heavy atom. The van der Waals surface area contributed by atoms with E-state index in [4.69, 9.17) is 4.74 Å². The lowest BCUT2D eigenvalue weighted by molar-refractivity contribution is 0.101. The van der Waals surface area contributed by atoms with Gasteiger partial charge in [0.2, 0.25) is 0 Å². The van der Waals surface area contributed by atoms with E-state index in [0.29, 0.717) is 12.1 Å². The topological polar surface area (TPSA) is 21.3 Å². The fraction of sp³-hybridized carbons (Fsp3) is 0.733. The van der Waals surface area contributed by atoms with Gasteiger partial charge in [-0.1, -0.05) is 6.92 Å². The number of ether oxygens (including phenoxy) is 1. The standard InChI is InChI=1S/C15H23Br2NOS/c1-2-8-18-13(12-10-14(16)20-15(12)17)7-3-5-11-6-4-9-19-11/h10-11,13,18H,2-9H2,1H3. The van der Waals surface area contributed by atoms with Gasteiger partial charge < -0.3 is 10.1 Å². The van der Waals surface area contributed by atoms with Crippen LogP contribution in [0, 0.1) is 0 Å². The van der Waals surface area contributed by atoms with Gasteiger partial charge in [0.15, 0.2) is 0 Å². The normalized spacial score (nSPS) is 20.4. The molecule has 1 N–H and O–H groups in total. The molecule has 0 aromatic carbocycles. The van der Waals surface area contributed by atoms with E-state index < -0.39 is 0 Å². The largest absolute Gasteiger partial charge is 0.378 e. The summed E-state index contributed by atoms with van der Waals surface area (Å²) in [6.07, 6.45) is 7.79. The predicted octanol–water partition coefficient (Wildman–Crippen LogP) is 5.66. The van der Waals surface area contributed by atoms with E-state index in [-0.39, 0.29) is 0 Å². The molecule has 0 saturated carbocycles. The minimum absolute atomic E-state index is 0.452. The third-order valence-electron chi connectivity index (χ3n) is 3.74. The number of nitrogens with one attached hydrogen (secondary N) is 1. The number of thiophene rings is 1. The molecular weight excluding hydrogens is 402 g/mol. The molecule has 2 unspecified atom stereocenters. The van der Waals surface area contributed by atoms with Gasteiger partial charge in [0.1, 0.15) is 0 Å². The van der Waals surface area contributed by atoms with E-state index in [1.165, 1.54) is 51.7 Å². The minimum Gasteiger partial charge on any atom is -0.378 e. The van der Waals surface area contributed by atoms with Crippen LogP contribution in [0.4, 0.5) is 0 Å². The molecule has 1 aromatic heterocycles. The zero-order chi connectivity index (χ0) is 14.4. The molecule has 1 aromatic rings. The average molecular weight is 425 g/mol. The Morgan fingerprint density at radius 3 is 2.95 bits per heavy atom. The predicted molar refractivity (Wildman–Crippen MR) is 93.6 cm³/mol. The summed E-state index contributed by atoms with van der Waals surface area (Å²) in [4.78, 5) is 0. The highest BCUT2D eigenvalue weighted by molar-refractivity contribution is 9.12. The zero-order valence-corrected chi connectivity index (χ0v) is 15.9. The van der Waals surface area contributed by atoms with Crippen LogP contribution >= 0.6 is 43.2 Å². The number of hydrogen-bond donors (Lipinski definition) is 1.